The highest BCUT2D eigenvalue weighted by molar-refractivity contribution is 5.73. The minimum absolute atomic E-state index is 0.301. The van der Waals surface area contributed by atoms with Crippen LogP contribution in [-0.2, 0) is 4.79 Å². The van der Waals surface area contributed by atoms with Gasteiger partial charge in [0, 0.05) is 0 Å². The Morgan fingerprint density at radius 2 is 1.67 bits per heavy atom. The van der Waals surface area contributed by atoms with Crippen molar-refractivity contribution in [2.45, 2.75) is 53.0 Å². The number of carboxylic acids is 1. The molecule has 3 nitrogen and oxygen atoms in total. The molecule has 0 saturated heterocycles. The number of carboxylic acid groups (broad SMARTS) is 1. The molecule has 3 heteroatoms. The summed E-state index contributed by atoms with van der Waals surface area (Å²) in [6, 6.07) is -0.301. The maximum atomic E-state index is 11.2. The Balaban J connectivity index is 4.44. The summed E-state index contributed by atoms with van der Waals surface area (Å²) in [4.78, 5) is 13.3. The first kappa shape index (κ1) is 14.4. The quantitative estimate of drug-likeness (QED) is 0.676. The molecule has 0 aliphatic heterocycles. The van der Waals surface area contributed by atoms with Crippen LogP contribution in [0.2, 0.25) is 0 Å². The molecule has 0 amide bonds. The van der Waals surface area contributed by atoms with E-state index in [1.54, 1.807) is 0 Å². The van der Waals surface area contributed by atoms with Crippen molar-refractivity contribution in [3.63, 3.8) is 0 Å². The topological polar surface area (TPSA) is 40.5 Å². The molecule has 0 saturated carbocycles. The van der Waals surface area contributed by atoms with Crippen molar-refractivity contribution in [2.75, 3.05) is 13.1 Å². The third kappa shape index (κ3) is 5.78. The van der Waals surface area contributed by atoms with Gasteiger partial charge in [-0.3, -0.25) is 9.69 Å². The highest BCUT2D eigenvalue weighted by atomic mass is 16.4. The Labute approximate surface area is 93.5 Å². The third-order valence-electron chi connectivity index (χ3n) is 2.44. The van der Waals surface area contributed by atoms with Gasteiger partial charge in [-0.2, -0.15) is 0 Å². The van der Waals surface area contributed by atoms with Crippen LogP contribution in [0.15, 0.2) is 0 Å². The van der Waals surface area contributed by atoms with Crippen molar-refractivity contribution in [2.24, 2.45) is 5.92 Å². The van der Waals surface area contributed by atoms with Crippen molar-refractivity contribution in [3.05, 3.63) is 0 Å². The molecule has 15 heavy (non-hydrogen) atoms. The summed E-state index contributed by atoms with van der Waals surface area (Å²) in [7, 11) is 0. The van der Waals surface area contributed by atoms with E-state index in [1.165, 1.54) is 0 Å². The van der Waals surface area contributed by atoms with Crippen LogP contribution in [0.4, 0.5) is 0 Å². The van der Waals surface area contributed by atoms with Gasteiger partial charge in [0.2, 0.25) is 0 Å². The number of hydrogen-bond donors (Lipinski definition) is 1. The molecule has 0 aromatic rings. The zero-order valence-electron chi connectivity index (χ0n) is 10.5. The highest BCUT2D eigenvalue weighted by Crippen LogP contribution is 2.13. The Kier molecular flexibility index (Phi) is 7.39. The molecule has 0 radical (unpaired) electrons. The van der Waals surface area contributed by atoms with Crippen molar-refractivity contribution in [1.82, 2.24) is 4.90 Å². The fraction of sp³-hybridized carbons (Fsp3) is 0.917. The van der Waals surface area contributed by atoms with Crippen LogP contribution in [0.3, 0.4) is 0 Å². The lowest BCUT2D eigenvalue weighted by Crippen LogP contribution is -2.42. The second-order valence-corrected chi connectivity index (χ2v) is 4.52. The molecule has 0 aliphatic carbocycles. The largest absolute Gasteiger partial charge is 0.480 e. The van der Waals surface area contributed by atoms with Gasteiger partial charge in [0.1, 0.15) is 6.04 Å². The van der Waals surface area contributed by atoms with Gasteiger partial charge < -0.3 is 5.11 Å². The number of hydrogen-bond acceptors (Lipinski definition) is 2. The number of aliphatic carboxylic acids is 1. The van der Waals surface area contributed by atoms with E-state index in [2.05, 4.69) is 32.6 Å². The van der Waals surface area contributed by atoms with E-state index < -0.39 is 5.97 Å². The molecule has 0 aliphatic rings. The van der Waals surface area contributed by atoms with Gasteiger partial charge in [-0.05, 0) is 38.3 Å². The monoisotopic (exact) mass is 215 g/mol. The molecule has 0 fully saturated rings. The van der Waals surface area contributed by atoms with Crippen LogP contribution in [0.5, 0.6) is 0 Å². The number of nitrogens with zero attached hydrogens (tertiary/aromatic N) is 1. The SMILES string of the molecule is CCCN(CCC)C(CC(C)C)C(=O)O. The third-order valence-corrected chi connectivity index (χ3v) is 2.44. The van der Waals surface area contributed by atoms with E-state index in [0.29, 0.717) is 5.92 Å². The van der Waals surface area contributed by atoms with Gasteiger partial charge in [0.15, 0.2) is 0 Å². The summed E-state index contributed by atoms with van der Waals surface area (Å²) in [6.45, 7) is 10.1. The van der Waals surface area contributed by atoms with Gasteiger partial charge in [-0.25, -0.2) is 0 Å². The lowest BCUT2D eigenvalue weighted by molar-refractivity contribution is -0.144. The summed E-state index contributed by atoms with van der Waals surface area (Å²) in [6.07, 6.45) is 2.78. The van der Waals surface area contributed by atoms with Crippen molar-refractivity contribution in [3.8, 4) is 0 Å². The van der Waals surface area contributed by atoms with Crippen LogP contribution >= 0.6 is 0 Å². The zero-order valence-corrected chi connectivity index (χ0v) is 10.5. The average molecular weight is 215 g/mol. The van der Waals surface area contributed by atoms with Crippen molar-refractivity contribution in [1.29, 1.82) is 0 Å². The highest BCUT2D eigenvalue weighted by Gasteiger charge is 2.24. The van der Waals surface area contributed by atoms with Crippen molar-refractivity contribution < 1.29 is 9.90 Å². The summed E-state index contributed by atoms with van der Waals surface area (Å²) >= 11 is 0. The average Bonchev–Trinajstić information content (AvgIpc) is 2.13. The van der Waals surface area contributed by atoms with E-state index in [9.17, 15) is 9.90 Å². The fourth-order valence-corrected chi connectivity index (χ4v) is 1.85. The van der Waals surface area contributed by atoms with Gasteiger partial charge in [0.25, 0.3) is 0 Å². The van der Waals surface area contributed by atoms with Crippen LogP contribution in [0.1, 0.15) is 47.0 Å². The van der Waals surface area contributed by atoms with Crippen LogP contribution < -0.4 is 0 Å². The van der Waals surface area contributed by atoms with Crippen LogP contribution in [-0.4, -0.2) is 35.1 Å². The Morgan fingerprint density at radius 3 is 1.93 bits per heavy atom. The standard InChI is InChI=1S/C12H25NO2/c1-5-7-13(8-6-2)11(12(14)15)9-10(3)4/h10-11H,5-9H2,1-4H3,(H,14,15). The maximum Gasteiger partial charge on any atom is 0.320 e. The van der Waals surface area contributed by atoms with Gasteiger partial charge in [-0.1, -0.05) is 27.7 Å². The van der Waals surface area contributed by atoms with Gasteiger partial charge in [-0.15, -0.1) is 0 Å². The molecule has 0 aromatic carbocycles. The zero-order chi connectivity index (χ0) is 11.8. The van der Waals surface area contributed by atoms with Crippen LogP contribution in [0.25, 0.3) is 0 Å². The second kappa shape index (κ2) is 7.69. The van der Waals surface area contributed by atoms with Gasteiger partial charge in [0.05, 0.1) is 0 Å². The molecule has 0 bridgehead atoms. The smallest absolute Gasteiger partial charge is 0.320 e. The summed E-state index contributed by atoms with van der Waals surface area (Å²) in [5, 5.41) is 9.20. The summed E-state index contributed by atoms with van der Waals surface area (Å²) in [5.41, 5.74) is 0. The molecule has 90 valence electrons. The molecule has 1 N–H and O–H groups in total. The first-order chi connectivity index (χ1) is 7.02. The molecule has 0 rings (SSSR count). The predicted molar refractivity (Wildman–Crippen MR) is 63.0 cm³/mol. The molecular weight excluding hydrogens is 190 g/mol. The normalized spacial score (nSPS) is 13.5. The van der Waals surface area contributed by atoms with E-state index in [1.807, 2.05) is 0 Å². The molecule has 0 spiro atoms. The van der Waals surface area contributed by atoms with E-state index in [4.69, 9.17) is 0 Å². The Morgan fingerprint density at radius 1 is 1.20 bits per heavy atom. The van der Waals surface area contributed by atoms with E-state index >= 15 is 0 Å². The summed E-state index contributed by atoms with van der Waals surface area (Å²) < 4.78 is 0. The van der Waals surface area contributed by atoms with Crippen molar-refractivity contribution >= 4 is 5.97 Å². The fourth-order valence-electron chi connectivity index (χ4n) is 1.85. The predicted octanol–water partition coefficient (Wildman–Crippen LogP) is 2.61. The van der Waals surface area contributed by atoms with Gasteiger partial charge >= 0.3 is 5.97 Å². The Bertz CT molecular complexity index is 174. The second-order valence-electron chi connectivity index (χ2n) is 4.52. The minimum atomic E-state index is -0.675. The first-order valence-electron chi connectivity index (χ1n) is 5.99. The number of carbonyl (C=O) groups is 1. The lowest BCUT2D eigenvalue weighted by Gasteiger charge is -2.29. The molecule has 1 unspecified atom stereocenters. The summed E-state index contributed by atoms with van der Waals surface area (Å²) in [5.74, 6) is -0.243. The number of rotatable bonds is 8. The lowest BCUT2D eigenvalue weighted by atomic mass is 10.0. The van der Waals surface area contributed by atoms with E-state index in [0.717, 1.165) is 32.4 Å². The maximum absolute atomic E-state index is 11.2. The Hall–Kier alpha value is -0.570. The van der Waals surface area contributed by atoms with Crippen LogP contribution in [0, 0.1) is 5.92 Å². The van der Waals surface area contributed by atoms with E-state index in [-0.39, 0.29) is 6.04 Å². The molecule has 0 heterocycles. The first-order valence-corrected chi connectivity index (χ1v) is 5.99. The molecule has 1 atom stereocenters. The molecular formula is C12H25NO2. The minimum Gasteiger partial charge on any atom is -0.480 e. The molecule has 0 aromatic heterocycles.